The molecule has 6 nitrogen and oxygen atoms in total. The monoisotopic (exact) mass is 372 g/mol. The number of ether oxygens (including phenoxy) is 1. The molecule has 2 aromatic rings. The first-order valence-electron chi connectivity index (χ1n) is 8.56. The van der Waals surface area contributed by atoms with Crippen molar-refractivity contribution in [2.24, 2.45) is 0 Å². The fourth-order valence-electron chi connectivity index (χ4n) is 2.31. The summed E-state index contributed by atoms with van der Waals surface area (Å²) < 4.78 is 17.7. The first-order chi connectivity index (χ1) is 13.0. The van der Waals surface area contributed by atoms with Crippen molar-refractivity contribution in [3.8, 4) is 0 Å². The minimum Gasteiger partial charge on any atom is -0.462 e. The van der Waals surface area contributed by atoms with Gasteiger partial charge < -0.3 is 15.4 Å². The van der Waals surface area contributed by atoms with E-state index in [1.807, 2.05) is 0 Å². The number of hydrogen-bond donors (Lipinski definition) is 2. The zero-order valence-electron chi connectivity index (χ0n) is 15.0. The second-order valence-corrected chi connectivity index (χ2v) is 5.75. The highest BCUT2D eigenvalue weighted by Crippen LogP contribution is 2.11. The lowest BCUT2D eigenvalue weighted by Gasteiger charge is -2.08. The van der Waals surface area contributed by atoms with Crippen molar-refractivity contribution in [1.82, 2.24) is 5.32 Å². The predicted octanol–water partition coefficient (Wildman–Crippen LogP) is 2.69. The molecular formula is C20H21FN2O4. The van der Waals surface area contributed by atoms with Gasteiger partial charge in [-0.25, -0.2) is 9.18 Å². The highest BCUT2D eigenvalue weighted by molar-refractivity contribution is 6.03. The highest BCUT2D eigenvalue weighted by Gasteiger charge is 2.10. The van der Waals surface area contributed by atoms with E-state index in [-0.39, 0.29) is 18.8 Å². The van der Waals surface area contributed by atoms with Crippen LogP contribution < -0.4 is 10.6 Å². The van der Waals surface area contributed by atoms with E-state index < -0.39 is 17.8 Å². The van der Waals surface area contributed by atoms with Crippen LogP contribution in [0.5, 0.6) is 0 Å². The van der Waals surface area contributed by atoms with Gasteiger partial charge in [-0.1, -0.05) is 12.1 Å². The van der Waals surface area contributed by atoms with Crippen molar-refractivity contribution in [3.63, 3.8) is 0 Å². The van der Waals surface area contributed by atoms with Crippen molar-refractivity contribution in [3.05, 3.63) is 65.5 Å². The molecule has 2 rings (SSSR count). The Hall–Kier alpha value is -3.22. The molecular weight excluding hydrogens is 351 g/mol. The van der Waals surface area contributed by atoms with Gasteiger partial charge >= 0.3 is 5.97 Å². The number of halogens is 1. The molecule has 0 saturated heterocycles. The molecule has 0 heterocycles. The van der Waals surface area contributed by atoms with Crippen LogP contribution in [-0.4, -0.2) is 30.9 Å². The Morgan fingerprint density at radius 1 is 0.963 bits per heavy atom. The van der Waals surface area contributed by atoms with Gasteiger partial charge in [0.05, 0.1) is 12.2 Å². The van der Waals surface area contributed by atoms with Crippen LogP contribution in [0.1, 0.15) is 29.3 Å². The second kappa shape index (κ2) is 10.1. The third-order valence-corrected chi connectivity index (χ3v) is 3.65. The summed E-state index contributed by atoms with van der Waals surface area (Å²) in [6.45, 7) is 2.36. The molecule has 0 atom stereocenters. The van der Waals surface area contributed by atoms with Crippen LogP contribution in [0.25, 0.3) is 0 Å². The van der Waals surface area contributed by atoms with Crippen LogP contribution in [0, 0.1) is 5.82 Å². The Morgan fingerprint density at radius 3 is 2.26 bits per heavy atom. The maximum absolute atomic E-state index is 12.8. The van der Waals surface area contributed by atoms with Crippen LogP contribution in [-0.2, 0) is 20.7 Å². The average molecular weight is 372 g/mol. The summed E-state index contributed by atoms with van der Waals surface area (Å²) in [7, 11) is 0. The quantitative estimate of drug-likeness (QED) is 0.551. The Bertz CT molecular complexity index is 789. The van der Waals surface area contributed by atoms with E-state index in [0.29, 0.717) is 24.2 Å². The Morgan fingerprint density at radius 2 is 1.63 bits per heavy atom. The Kier molecular flexibility index (Phi) is 7.49. The highest BCUT2D eigenvalue weighted by atomic mass is 19.1. The molecule has 0 aliphatic heterocycles. The summed E-state index contributed by atoms with van der Waals surface area (Å²) >= 11 is 0. The van der Waals surface area contributed by atoms with E-state index in [0.717, 1.165) is 5.56 Å². The summed E-state index contributed by atoms with van der Waals surface area (Å²) in [5.41, 5.74) is 1.75. The van der Waals surface area contributed by atoms with Crippen LogP contribution in [0.4, 0.5) is 10.1 Å². The SMILES string of the molecule is CCOC(=O)c1ccc(NC(=O)CC(=O)NCCc2ccc(F)cc2)cc1. The molecule has 0 radical (unpaired) electrons. The van der Waals surface area contributed by atoms with Gasteiger partial charge in [0.1, 0.15) is 12.2 Å². The van der Waals surface area contributed by atoms with Gasteiger partial charge in [0.2, 0.25) is 11.8 Å². The third-order valence-electron chi connectivity index (χ3n) is 3.65. The van der Waals surface area contributed by atoms with Gasteiger partial charge in [-0.05, 0) is 55.3 Å². The van der Waals surface area contributed by atoms with Gasteiger partial charge in [0.25, 0.3) is 0 Å². The van der Waals surface area contributed by atoms with Crippen molar-refractivity contribution in [1.29, 1.82) is 0 Å². The molecule has 0 aromatic heterocycles. The summed E-state index contributed by atoms with van der Waals surface area (Å²) in [6, 6.07) is 12.2. The van der Waals surface area contributed by atoms with E-state index in [9.17, 15) is 18.8 Å². The maximum atomic E-state index is 12.8. The molecule has 142 valence electrons. The molecule has 0 aliphatic rings. The fraction of sp³-hybridized carbons (Fsp3) is 0.250. The molecule has 0 spiro atoms. The standard InChI is InChI=1S/C20H21FN2O4/c1-2-27-20(26)15-5-9-17(10-6-15)23-19(25)13-18(24)22-12-11-14-3-7-16(21)8-4-14/h3-10H,2,11-13H2,1H3,(H,22,24)(H,23,25). The van der Waals surface area contributed by atoms with Crippen LogP contribution in [0.3, 0.4) is 0 Å². The van der Waals surface area contributed by atoms with Crippen LogP contribution in [0.15, 0.2) is 48.5 Å². The molecule has 27 heavy (non-hydrogen) atoms. The molecule has 0 bridgehead atoms. The minimum absolute atomic E-state index is 0.285. The van der Waals surface area contributed by atoms with E-state index >= 15 is 0 Å². The second-order valence-electron chi connectivity index (χ2n) is 5.75. The van der Waals surface area contributed by atoms with Crippen molar-refractivity contribution in [2.75, 3.05) is 18.5 Å². The smallest absolute Gasteiger partial charge is 0.338 e. The molecule has 0 saturated carbocycles. The van der Waals surface area contributed by atoms with Gasteiger partial charge in [-0.15, -0.1) is 0 Å². The normalized spacial score (nSPS) is 10.1. The van der Waals surface area contributed by atoms with Crippen molar-refractivity contribution < 1.29 is 23.5 Å². The van der Waals surface area contributed by atoms with Crippen LogP contribution >= 0.6 is 0 Å². The summed E-state index contributed by atoms with van der Waals surface area (Å²) in [6.07, 6.45) is 0.228. The number of benzene rings is 2. The number of rotatable bonds is 8. The number of carbonyl (C=O) groups is 3. The van der Waals surface area contributed by atoms with Gasteiger partial charge in [0, 0.05) is 12.2 Å². The van der Waals surface area contributed by atoms with Crippen molar-refractivity contribution in [2.45, 2.75) is 19.8 Å². The number of hydrogen-bond acceptors (Lipinski definition) is 4. The Labute approximate surface area is 156 Å². The largest absolute Gasteiger partial charge is 0.462 e. The lowest BCUT2D eigenvalue weighted by Crippen LogP contribution is -2.29. The lowest BCUT2D eigenvalue weighted by molar-refractivity contribution is -0.126. The molecule has 7 heteroatoms. The molecule has 0 aliphatic carbocycles. The number of esters is 1. The number of amides is 2. The first kappa shape index (κ1) is 20.1. The molecule has 2 N–H and O–H groups in total. The zero-order chi connectivity index (χ0) is 19.6. The van der Waals surface area contributed by atoms with E-state index in [2.05, 4.69) is 10.6 Å². The van der Waals surface area contributed by atoms with Crippen LogP contribution in [0.2, 0.25) is 0 Å². The van der Waals surface area contributed by atoms with Gasteiger partial charge in [-0.3, -0.25) is 9.59 Å². The van der Waals surface area contributed by atoms with Gasteiger partial charge in [-0.2, -0.15) is 0 Å². The summed E-state index contributed by atoms with van der Waals surface area (Å²) in [4.78, 5) is 35.3. The number of nitrogens with one attached hydrogen (secondary N) is 2. The van der Waals surface area contributed by atoms with E-state index in [1.165, 1.54) is 24.3 Å². The lowest BCUT2D eigenvalue weighted by atomic mass is 10.1. The minimum atomic E-state index is -0.460. The molecule has 0 unspecified atom stereocenters. The number of anilines is 1. The third kappa shape index (κ3) is 6.89. The zero-order valence-corrected chi connectivity index (χ0v) is 15.0. The summed E-state index contributed by atoms with van der Waals surface area (Å²) in [5.74, 6) is -1.61. The maximum Gasteiger partial charge on any atom is 0.338 e. The first-order valence-corrected chi connectivity index (χ1v) is 8.56. The summed E-state index contributed by atoms with van der Waals surface area (Å²) in [5, 5.41) is 5.24. The fourth-order valence-corrected chi connectivity index (χ4v) is 2.31. The predicted molar refractivity (Wildman–Crippen MR) is 98.8 cm³/mol. The average Bonchev–Trinajstić information content (AvgIpc) is 2.64. The Balaban J connectivity index is 1.73. The molecule has 2 amide bonds. The topological polar surface area (TPSA) is 84.5 Å². The molecule has 2 aromatic carbocycles. The molecule has 0 fully saturated rings. The van der Waals surface area contributed by atoms with E-state index in [1.54, 1.807) is 31.2 Å². The van der Waals surface area contributed by atoms with E-state index in [4.69, 9.17) is 4.74 Å². The number of carbonyl (C=O) groups excluding carboxylic acids is 3. The van der Waals surface area contributed by atoms with Crippen molar-refractivity contribution >= 4 is 23.5 Å². The van der Waals surface area contributed by atoms with Gasteiger partial charge in [0.15, 0.2) is 0 Å².